The van der Waals surface area contributed by atoms with E-state index in [9.17, 15) is 23.1 Å². The van der Waals surface area contributed by atoms with Crippen LogP contribution >= 0.6 is 0 Å². The molecule has 0 aliphatic carbocycles. The van der Waals surface area contributed by atoms with Gasteiger partial charge in [-0.1, -0.05) is 30.3 Å². The van der Waals surface area contributed by atoms with Crippen LogP contribution in [-0.4, -0.2) is 41.7 Å². The number of ether oxygens (including phenoxy) is 2. The van der Waals surface area contributed by atoms with Crippen molar-refractivity contribution >= 4 is 5.91 Å². The molecule has 1 heterocycles. The smallest absolute Gasteiger partial charge is 0.369 e. The topological polar surface area (TPSA) is 67.8 Å². The highest BCUT2D eigenvalue weighted by Crippen LogP contribution is 2.24. The number of amides is 1. The highest BCUT2D eigenvalue weighted by atomic mass is 19.4. The Morgan fingerprint density at radius 2 is 2.04 bits per heavy atom. The normalized spacial score (nSPS) is 28.4. The Balaban J connectivity index is 2.04. The first kappa shape index (κ1) is 17.7. The summed E-state index contributed by atoms with van der Waals surface area (Å²) in [5.41, 5.74) is 0.840. The molecule has 1 aliphatic rings. The minimum absolute atomic E-state index is 0.160. The van der Waals surface area contributed by atoms with Crippen molar-refractivity contribution in [3.8, 4) is 0 Å². The lowest BCUT2D eigenvalue weighted by molar-refractivity contribution is -0.219. The van der Waals surface area contributed by atoms with Gasteiger partial charge in [-0.05, 0) is 12.5 Å². The van der Waals surface area contributed by atoms with Gasteiger partial charge in [0.05, 0.1) is 18.8 Å². The molecule has 0 spiro atoms. The number of rotatable bonds is 4. The molecule has 0 saturated carbocycles. The van der Waals surface area contributed by atoms with E-state index in [-0.39, 0.29) is 13.0 Å². The number of carbonyl (C=O) groups is 1. The summed E-state index contributed by atoms with van der Waals surface area (Å²) in [5.74, 6) is -2.06. The standard InChI is InChI=1S/C15H18F3NO4/c1-9-13(22-8-10-5-3-2-4-6-10)11(7-12(20)23-9)19-14(21)15(16,17)18/h2-6,9,11-13,20H,7-8H2,1H3,(H,19,21)/t9-,11-,12?,13+/m0/s1. The molecule has 1 amide bonds. The Hall–Kier alpha value is -1.64. The lowest BCUT2D eigenvalue weighted by atomic mass is 9.99. The number of hydrogen-bond acceptors (Lipinski definition) is 4. The Morgan fingerprint density at radius 1 is 1.39 bits per heavy atom. The Labute approximate surface area is 131 Å². The maximum Gasteiger partial charge on any atom is 0.471 e. The number of halogens is 3. The molecule has 4 atom stereocenters. The van der Waals surface area contributed by atoms with E-state index in [2.05, 4.69) is 0 Å². The van der Waals surface area contributed by atoms with E-state index in [0.717, 1.165) is 5.56 Å². The summed E-state index contributed by atoms with van der Waals surface area (Å²) in [6.07, 6.45) is -7.88. The highest BCUT2D eigenvalue weighted by molar-refractivity contribution is 5.82. The second kappa shape index (κ2) is 7.29. The van der Waals surface area contributed by atoms with Gasteiger partial charge in [-0.3, -0.25) is 4.79 Å². The summed E-state index contributed by atoms with van der Waals surface area (Å²) >= 11 is 0. The number of alkyl halides is 3. The molecule has 5 nitrogen and oxygen atoms in total. The molecule has 128 valence electrons. The van der Waals surface area contributed by atoms with Crippen molar-refractivity contribution in [2.24, 2.45) is 0 Å². The molecule has 1 aliphatic heterocycles. The first-order valence-corrected chi connectivity index (χ1v) is 7.14. The second-order valence-electron chi connectivity index (χ2n) is 5.37. The van der Waals surface area contributed by atoms with Crippen LogP contribution in [0.15, 0.2) is 30.3 Å². The number of nitrogens with one attached hydrogen (secondary N) is 1. The third-order valence-electron chi connectivity index (χ3n) is 3.55. The van der Waals surface area contributed by atoms with Crippen molar-refractivity contribution in [3.05, 3.63) is 35.9 Å². The molecule has 1 saturated heterocycles. The molecule has 2 rings (SSSR count). The molecule has 1 aromatic rings. The lowest BCUT2D eigenvalue weighted by Crippen LogP contribution is -2.57. The third kappa shape index (κ3) is 4.92. The van der Waals surface area contributed by atoms with Gasteiger partial charge in [0, 0.05) is 6.42 Å². The summed E-state index contributed by atoms with van der Waals surface area (Å²) in [4.78, 5) is 11.2. The highest BCUT2D eigenvalue weighted by Gasteiger charge is 2.44. The molecule has 23 heavy (non-hydrogen) atoms. The van der Waals surface area contributed by atoms with Gasteiger partial charge in [-0.15, -0.1) is 0 Å². The van der Waals surface area contributed by atoms with Crippen LogP contribution in [0.3, 0.4) is 0 Å². The predicted molar refractivity (Wildman–Crippen MR) is 74.2 cm³/mol. The van der Waals surface area contributed by atoms with Gasteiger partial charge in [-0.25, -0.2) is 0 Å². The Bertz CT molecular complexity index is 523. The zero-order valence-electron chi connectivity index (χ0n) is 12.4. The number of benzene rings is 1. The van der Waals surface area contributed by atoms with Crippen molar-refractivity contribution in [1.29, 1.82) is 0 Å². The fourth-order valence-electron chi connectivity index (χ4n) is 2.47. The van der Waals surface area contributed by atoms with Crippen LogP contribution < -0.4 is 5.32 Å². The average Bonchev–Trinajstić information content (AvgIpc) is 2.46. The fourth-order valence-corrected chi connectivity index (χ4v) is 2.47. The van der Waals surface area contributed by atoms with Gasteiger partial charge >= 0.3 is 12.1 Å². The van der Waals surface area contributed by atoms with Crippen LogP contribution in [0.1, 0.15) is 18.9 Å². The molecular weight excluding hydrogens is 315 g/mol. The number of hydrogen-bond donors (Lipinski definition) is 2. The van der Waals surface area contributed by atoms with E-state index in [1.165, 1.54) is 0 Å². The van der Waals surface area contributed by atoms with E-state index in [0.29, 0.717) is 0 Å². The largest absolute Gasteiger partial charge is 0.471 e. The van der Waals surface area contributed by atoms with Crippen LogP contribution in [0.5, 0.6) is 0 Å². The minimum Gasteiger partial charge on any atom is -0.369 e. The SMILES string of the molecule is C[C@@H]1OC(O)C[C@H](NC(=O)C(F)(F)F)[C@@H]1OCc1ccccc1. The monoisotopic (exact) mass is 333 g/mol. The zero-order chi connectivity index (χ0) is 17.0. The quantitative estimate of drug-likeness (QED) is 0.881. The van der Waals surface area contributed by atoms with E-state index >= 15 is 0 Å². The van der Waals surface area contributed by atoms with Crippen molar-refractivity contribution in [2.45, 2.75) is 50.7 Å². The predicted octanol–water partition coefficient (Wildman–Crippen LogP) is 1.75. The van der Waals surface area contributed by atoms with Crippen LogP contribution in [0.25, 0.3) is 0 Å². The van der Waals surface area contributed by atoms with Gasteiger partial charge in [0.1, 0.15) is 6.10 Å². The third-order valence-corrected chi connectivity index (χ3v) is 3.55. The van der Waals surface area contributed by atoms with Crippen LogP contribution in [-0.2, 0) is 20.9 Å². The van der Waals surface area contributed by atoms with E-state index in [4.69, 9.17) is 9.47 Å². The summed E-state index contributed by atoms with van der Waals surface area (Å²) in [6, 6.07) is 8.09. The van der Waals surface area contributed by atoms with E-state index < -0.39 is 36.6 Å². The Kier molecular flexibility index (Phi) is 5.61. The van der Waals surface area contributed by atoms with Crippen LogP contribution in [0.2, 0.25) is 0 Å². The average molecular weight is 333 g/mol. The van der Waals surface area contributed by atoms with Gasteiger partial charge < -0.3 is 19.9 Å². The fraction of sp³-hybridized carbons (Fsp3) is 0.533. The Morgan fingerprint density at radius 3 is 2.65 bits per heavy atom. The van der Waals surface area contributed by atoms with E-state index in [1.807, 2.05) is 35.6 Å². The number of carbonyl (C=O) groups excluding carboxylic acids is 1. The van der Waals surface area contributed by atoms with Crippen molar-refractivity contribution in [1.82, 2.24) is 5.32 Å². The van der Waals surface area contributed by atoms with E-state index in [1.54, 1.807) is 6.92 Å². The summed E-state index contributed by atoms with van der Waals surface area (Å²) in [6.45, 7) is 1.73. The lowest BCUT2D eigenvalue weighted by Gasteiger charge is -2.39. The summed E-state index contributed by atoms with van der Waals surface area (Å²) in [5, 5.41) is 11.4. The van der Waals surface area contributed by atoms with Gasteiger partial charge in [0.2, 0.25) is 0 Å². The molecule has 8 heteroatoms. The maximum atomic E-state index is 12.4. The first-order chi connectivity index (χ1) is 10.8. The maximum absolute atomic E-state index is 12.4. The molecule has 0 aromatic heterocycles. The molecule has 2 N–H and O–H groups in total. The molecule has 1 unspecified atom stereocenters. The summed E-state index contributed by atoms with van der Waals surface area (Å²) < 4.78 is 48.1. The number of aliphatic hydroxyl groups excluding tert-OH is 1. The van der Waals surface area contributed by atoms with Gasteiger partial charge in [-0.2, -0.15) is 13.2 Å². The summed E-state index contributed by atoms with van der Waals surface area (Å²) in [7, 11) is 0. The van der Waals surface area contributed by atoms with Crippen molar-refractivity contribution < 1.29 is 32.5 Å². The van der Waals surface area contributed by atoms with Crippen molar-refractivity contribution in [2.75, 3.05) is 0 Å². The second-order valence-corrected chi connectivity index (χ2v) is 5.37. The molecule has 0 bridgehead atoms. The van der Waals surface area contributed by atoms with Crippen molar-refractivity contribution in [3.63, 3.8) is 0 Å². The van der Waals surface area contributed by atoms with Gasteiger partial charge in [0.15, 0.2) is 6.29 Å². The molecular formula is C15H18F3NO4. The molecule has 1 fully saturated rings. The van der Waals surface area contributed by atoms with Crippen LogP contribution in [0.4, 0.5) is 13.2 Å². The first-order valence-electron chi connectivity index (χ1n) is 7.14. The van der Waals surface area contributed by atoms with Crippen LogP contribution in [0, 0.1) is 0 Å². The number of aliphatic hydroxyl groups is 1. The minimum atomic E-state index is -4.99. The molecule has 1 aromatic carbocycles. The van der Waals surface area contributed by atoms with Gasteiger partial charge in [0.25, 0.3) is 0 Å². The zero-order valence-corrected chi connectivity index (χ0v) is 12.4. The molecule has 0 radical (unpaired) electrons.